The van der Waals surface area contributed by atoms with Crippen molar-refractivity contribution in [3.05, 3.63) is 29.8 Å². The molecule has 0 radical (unpaired) electrons. The van der Waals surface area contributed by atoms with E-state index in [2.05, 4.69) is 15.3 Å². The summed E-state index contributed by atoms with van der Waals surface area (Å²) < 4.78 is 4.61. The summed E-state index contributed by atoms with van der Waals surface area (Å²) >= 11 is 0. The number of nitrogens with one attached hydrogen (secondary N) is 1. The zero-order valence-electron chi connectivity index (χ0n) is 10.1. The Morgan fingerprint density at radius 3 is 2.74 bits per heavy atom. The van der Waals surface area contributed by atoms with E-state index in [0.29, 0.717) is 0 Å². The lowest BCUT2D eigenvalue weighted by Crippen LogP contribution is -2.17. The summed E-state index contributed by atoms with van der Waals surface area (Å²) in [4.78, 5) is 22.2. The summed E-state index contributed by atoms with van der Waals surface area (Å²) in [5, 5.41) is 21.2. The third kappa shape index (κ3) is 3.81. The van der Waals surface area contributed by atoms with Crippen molar-refractivity contribution in [1.29, 1.82) is 5.26 Å². The number of para-hydroxylation sites is 1. The van der Waals surface area contributed by atoms with E-state index in [1.165, 1.54) is 12.1 Å². The molecule has 0 saturated carbocycles. The number of esters is 1. The number of anilines is 1. The molecule has 0 spiro atoms. The van der Waals surface area contributed by atoms with Crippen LogP contribution in [0.4, 0.5) is 5.69 Å². The number of aromatic carboxylic acids is 1. The van der Waals surface area contributed by atoms with Gasteiger partial charge in [-0.1, -0.05) is 12.1 Å². The smallest absolute Gasteiger partial charge is 0.369 e. The molecule has 98 valence electrons. The molecule has 7 nitrogen and oxygen atoms in total. The number of hydrazone groups is 1. The van der Waals surface area contributed by atoms with Crippen molar-refractivity contribution in [3.8, 4) is 6.07 Å². The summed E-state index contributed by atoms with van der Waals surface area (Å²) in [6, 6.07) is 7.56. The van der Waals surface area contributed by atoms with Gasteiger partial charge in [0.1, 0.15) is 6.07 Å². The van der Waals surface area contributed by atoms with Crippen LogP contribution in [0.5, 0.6) is 0 Å². The van der Waals surface area contributed by atoms with E-state index >= 15 is 0 Å². The Morgan fingerprint density at radius 1 is 1.47 bits per heavy atom. The number of hydrogen-bond donors (Lipinski definition) is 2. The van der Waals surface area contributed by atoms with Crippen LogP contribution in [0.25, 0.3) is 0 Å². The standard InChI is InChI=1S/C12H11N3O4/c1-2-19-12(18)10(7-13)15-14-9-6-4-3-5-8(9)11(16)17/h3-6,14H,2H2,1H3,(H,16,17)/b15-10-. The number of carbonyl (C=O) groups excluding carboxylic acids is 1. The van der Waals surface area contributed by atoms with Gasteiger partial charge in [0.25, 0.3) is 0 Å². The van der Waals surface area contributed by atoms with Crippen LogP contribution >= 0.6 is 0 Å². The second-order valence-electron chi connectivity index (χ2n) is 3.26. The van der Waals surface area contributed by atoms with Gasteiger partial charge in [-0.05, 0) is 19.1 Å². The van der Waals surface area contributed by atoms with Gasteiger partial charge < -0.3 is 9.84 Å². The summed E-state index contributed by atoms with van der Waals surface area (Å²) in [7, 11) is 0. The van der Waals surface area contributed by atoms with Gasteiger partial charge in [-0.25, -0.2) is 9.59 Å². The van der Waals surface area contributed by atoms with Crippen LogP contribution in [0.15, 0.2) is 29.4 Å². The average Bonchev–Trinajstić information content (AvgIpc) is 2.40. The van der Waals surface area contributed by atoms with Crippen LogP contribution in [-0.2, 0) is 9.53 Å². The lowest BCUT2D eigenvalue weighted by molar-refractivity contribution is -0.134. The monoisotopic (exact) mass is 261 g/mol. The van der Waals surface area contributed by atoms with E-state index in [1.54, 1.807) is 25.1 Å². The maximum atomic E-state index is 11.3. The zero-order chi connectivity index (χ0) is 14.3. The second-order valence-corrected chi connectivity index (χ2v) is 3.26. The van der Waals surface area contributed by atoms with Gasteiger partial charge in [-0.2, -0.15) is 10.4 Å². The Balaban J connectivity index is 2.94. The maximum Gasteiger partial charge on any atom is 0.369 e. The number of carbonyl (C=O) groups is 2. The fraction of sp³-hybridized carbons (Fsp3) is 0.167. The summed E-state index contributed by atoms with van der Waals surface area (Å²) in [6.07, 6.45) is 0. The number of carboxylic acids is 1. The molecule has 0 aliphatic rings. The Labute approximate surface area is 109 Å². The van der Waals surface area contributed by atoms with Crippen molar-refractivity contribution < 1.29 is 19.4 Å². The van der Waals surface area contributed by atoms with Crippen molar-refractivity contribution >= 4 is 23.3 Å². The first-order valence-electron chi connectivity index (χ1n) is 5.33. The van der Waals surface area contributed by atoms with Crippen molar-refractivity contribution in [2.45, 2.75) is 6.92 Å². The molecular formula is C12H11N3O4. The minimum atomic E-state index is -1.15. The Kier molecular flexibility index (Phi) is 5.04. The van der Waals surface area contributed by atoms with E-state index in [0.717, 1.165) is 0 Å². The first-order valence-corrected chi connectivity index (χ1v) is 5.33. The number of hydrogen-bond acceptors (Lipinski definition) is 6. The number of rotatable bonds is 5. The molecule has 1 rings (SSSR count). The van der Waals surface area contributed by atoms with Crippen LogP contribution in [0, 0.1) is 11.3 Å². The molecule has 0 heterocycles. The Bertz CT molecular complexity index is 560. The van der Waals surface area contributed by atoms with Gasteiger partial charge >= 0.3 is 11.9 Å². The third-order valence-electron chi connectivity index (χ3n) is 2.02. The molecule has 0 fully saturated rings. The molecule has 0 aliphatic carbocycles. The van der Waals surface area contributed by atoms with Crippen LogP contribution in [-0.4, -0.2) is 29.4 Å². The number of carboxylic acid groups (broad SMARTS) is 1. The van der Waals surface area contributed by atoms with Gasteiger partial charge in [0.15, 0.2) is 0 Å². The SMILES string of the molecule is CCOC(=O)/C(C#N)=N\Nc1ccccc1C(=O)O. The van der Waals surface area contributed by atoms with Gasteiger partial charge in [-0.15, -0.1) is 0 Å². The summed E-state index contributed by atoms with van der Waals surface area (Å²) in [5.41, 5.74) is 2.04. The molecule has 0 atom stereocenters. The van der Waals surface area contributed by atoms with Crippen molar-refractivity contribution in [2.24, 2.45) is 5.10 Å². The Hall–Kier alpha value is -2.88. The molecule has 7 heteroatoms. The molecule has 0 unspecified atom stereocenters. The number of nitrogens with zero attached hydrogens (tertiary/aromatic N) is 2. The normalized spacial score (nSPS) is 10.4. The molecular weight excluding hydrogens is 250 g/mol. The first-order chi connectivity index (χ1) is 9.10. The third-order valence-corrected chi connectivity index (χ3v) is 2.02. The van der Waals surface area contributed by atoms with E-state index in [1.807, 2.05) is 0 Å². The molecule has 0 aromatic heterocycles. The highest BCUT2D eigenvalue weighted by Crippen LogP contribution is 2.14. The molecule has 0 aliphatic heterocycles. The summed E-state index contributed by atoms with van der Waals surface area (Å²) in [5.74, 6) is -2.02. The fourth-order valence-corrected chi connectivity index (χ4v) is 1.20. The van der Waals surface area contributed by atoms with Crippen LogP contribution < -0.4 is 5.43 Å². The molecule has 0 saturated heterocycles. The van der Waals surface area contributed by atoms with Crippen LogP contribution in [0.3, 0.4) is 0 Å². The average molecular weight is 261 g/mol. The van der Waals surface area contributed by atoms with Crippen molar-refractivity contribution in [3.63, 3.8) is 0 Å². The predicted octanol–water partition coefficient (Wildman–Crippen LogP) is 1.24. The lowest BCUT2D eigenvalue weighted by Gasteiger charge is -2.05. The lowest BCUT2D eigenvalue weighted by atomic mass is 10.2. The largest absolute Gasteiger partial charge is 0.478 e. The molecule has 19 heavy (non-hydrogen) atoms. The van der Waals surface area contributed by atoms with E-state index in [4.69, 9.17) is 10.4 Å². The highest BCUT2D eigenvalue weighted by atomic mass is 16.5. The molecule has 0 bridgehead atoms. The zero-order valence-corrected chi connectivity index (χ0v) is 10.1. The first kappa shape index (κ1) is 14.2. The van der Waals surface area contributed by atoms with E-state index in [-0.39, 0.29) is 17.9 Å². The van der Waals surface area contributed by atoms with Crippen molar-refractivity contribution in [2.75, 3.05) is 12.0 Å². The van der Waals surface area contributed by atoms with Gasteiger partial charge in [0.2, 0.25) is 5.71 Å². The van der Waals surface area contributed by atoms with Gasteiger partial charge in [0, 0.05) is 0 Å². The maximum absolute atomic E-state index is 11.3. The quantitative estimate of drug-likeness (QED) is 0.468. The molecule has 1 aromatic rings. The summed E-state index contributed by atoms with van der Waals surface area (Å²) in [6.45, 7) is 1.71. The number of benzene rings is 1. The number of ether oxygens (including phenoxy) is 1. The van der Waals surface area contributed by atoms with Gasteiger partial charge in [-0.3, -0.25) is 5.43 Å². The minimum Gasteiger partial charge on any atom is -0.478 e. The minimum absolute atomic E-state index is 0.0209. The molecule has 2 N–H and O–H groups in total. The van der Waals surface area contributed by atoms with Crippen molar-refractivity contribution in [1.82, 2.24) is 0 Å². The highest BCUT2D eigenvalue weighted by molar-refractivity contribution is 6.43. The number of nitriles is 1. The predicted molar refractivity (Wildman–Crippen MR) is 66.7 cm³/mol. The van der Waals surface area contributed by atoms with E-state index < -0.39 is 17.7 Å². The Morgan fingerprint density at radius 2 is 2.16 bits per heavy atom. The highest BCUT2D eigenvalue weighted by Gasteiger charge is 2.13. The fourth-order valence-electron chi connectivity index (χ4n) is 1.20. The van der Waals surface area contributed by atoms with Crippen LogP contribution in [0.1, 0.15) is 17.3 Å². The van der Waals surface area contributed by atoms with Crippen LogP contribution in [0.2, 0.25) is 0 Å². The topological polar surface area (TPSA) is 112 Å². The van der Waals surface area contributed by atoms with Gasteiger partial charge in [0.05, 0.1) is 17.9 Å². The molecule has 0 amide bonds. The molecule has 1 aromatic carbocycles. The second kappa shape index (κ2) is 6.76. The van der Waals surface area contributed by atoms with E-state index in [9.17, 15) is 9.59 Å².